The van der Waals surface area contributed by atoms with E-state index in [-0.39, 0.29) is 0 Å². The van der Waals surface area contributed by atoms with E-state index in [2.05, 4.69) is 51.1 Å². The number of hydrogen-bond acceptors (Lipinski definition) is 4. The van der Waals surface area contributed by atoms with Gasteiger partial charge in [-0.1, -0.05) is 19.9 Å². The van der Waals surface area contributed by atoms with Crippen molar-refractivity contribution in [2.24, 2.45) is 5.92 Å². The first-order chi connectivity index (χ1) is 9.65. The lowest BCUT2D eigenvalue weighted by Gasteiger charge is -2.10. The van der Waals surface area contributed by atoms with Gasteiger partial charge in [-0.2, -0.15) is 0 Å². The molecular formula is C15H18BrN3S. The number of rotatable bonds is 6. The number of pyridine rings is 2. The third kappa shape index (κ3) is 4.89. The molecule has 0 aliphatic carbocycles. The minimum atomic E-state index is 0.649. The van der Waals surface area contributed by atoms with Crippen molar-refractivity contribution in [2.45, 2.75) is 30.4 Å². The van der Waals surface area contributed by atoms with Crippen molar-refractivity contribution >= 4 is 27.7 Å². The summed E-state index contributed by atoms with van der Waals surface area (Å²) in [5.74, 6) is 0.649. The van der Waals surface area contributed by atoms with Crippen LogP contribution in [-0.2, 0) is 6.54 Å². The van der Waals surface area contributed by atoms with Gasteiger partial charge < -0.3 is 5.32 Å². The summed E-state index contributed by atoms with van der Waals surface area (Å²) in [5.41, 5.74) is 1.21. The summed E-state index contributed by atoms with van der Waals surface area (Å²) in [6.45, 7) is 6.26. The van der Waals surface area contributed by atoms with E-state index in [1.165, 1.54) is 5.56 Å². The van der Waals surface area contributed by atoms with E-state index >= 15 is 0 Å². The molecule has 0 atom stereocenters. The Kier molecular flexibility index (Phi) is 6.01. The van der Waals surface area contributed by atoms with E-state index in [0.29, 0.717) is 5.92 Å². The highest BCUT2D eigenvalue weighted by atomic mass is 79.9. The Morgan fingerprint density at radius 1 is 1.25 bits per heavy atom. The Balaban J connectivity index is 2.05. The van der Waals surface area contributed by atoms with Crippen molar-refractivity contribution in [1.29, 1.82) is 0 Å². The van der Waals surface area contributed by atoms with Gasteiger partial charge in [-0.05, 0) is 63.9 Å². The van der Waals surface area contributed by atoms with E-state index < -0.39 is 0 Å². The average Bonchev–Trinajstić information content (AvgIpc) is 2.43. The second kappa shape index (κ2) is 7.76. The lowest BCUT2D eigenvalue weighted by molar-refractivity contribution is 0.549. The number of hydrogen-bond donors (Lipinski definition) is 1. The molecule has 0 radical (unpaired) electrons. The van der Waals surface area contributed by atoms with Crippen LogP contribution in [0.1, 0.15) is 19.4 Å². The molecule has 106 valence electrons. The summed E-state index contributed by atoms with van der Waals surface area (Å²) in [5, 5.41) is 5.42. The predicted octanol–water partition coefficient (Wildman–Crippen LogP) is 4.14. The van der Waals surface area contributed by atoms with E-state index in [9.17, 15) is 0 Å². The highest BCUT2D eigenvalue weighted by molar-refractivity contribution is 9.10. The van der Waals surface area contributed by atoms with Crippen LogP contribution in [0.5, 0.6) is 0 Å². The van der Waals surface area contributed by atoms with Crippen LogP contribution in [0.2, 0.25) is 0 Å². The van der Waals surface area contributed by atoms with Crippen LogP contribution in [-0.4, -0.2) is 16.5 Å². The second-order valence-electron chi connectivity index (χ2n) is 4.91. The zero-order valence-corrected chi connectivity index (χ0v) is 14.0. The Hall–Kier alpha value is -0.910. The highest BCUT2D eigenvalue weighted by Gasteiger charge is 2.06. The quantitative estimate of drug-likeness (QED) is 0.848. The molecule has 0 aromatic carbocycles. The molecule has 5 heteroatoms. The molecule has 2 aromatic heterocycles. The number of nitrogens with zero attached hydrogens (tertiary/aromatic N) is 2. The van der Waals surface area contributed by atoms with Gasteiger partial charge in [-0.3, -0.25) is 0 Å². The molecule has 2 rings (SSSR count). The molecule has 0 spiro atoms. The molecule has 0 aliphatic heterocycles. The summed E-state index contributed by atoms with van der Waals surface area (Å²) < 4.78 is 0.988. The van der Waals surface area contributed by atoms with Crippen molar-refractivity contribution in [2.75, 3.05) is 6.54 Å². The van der Waals surface area contributed by atoms with Gasteiger partial charge in [0, 0.05) is 23.4 Å². The van der Waals surface area contributed by atoms with Crippen molar-refractivity contribution in [1.82, 2.24) is 15.3 Å². The lowest BCUT2D eigenvalue weighted by atomic mass is 10.2. The molecular weight excluding hydrogens is 334 g/mol. The van der Waals surface area contributed by atoms with E-state index in [4.69, 9.17) is 0 Å². The zero-order valence-electron chi connectivity index (χ0n) is 11.6. The molecule has 20 heavy (non-hydrogen) atoms. The van der Waals surface area contributed by atoms with Crippen LogP contribution in [0, 0.1) is 5.92 Å². The number of aromatic nitrogens is 2. The van der Waals surface area contributed by atoms with Gasteiger partial charge >= 0.3 is 0 Å². The van der Waals surface area contributed by atoms with Gasteiger partial charge in [0.05, 0.1) is 0 Å². The molecule has 1 N–H and O–H groups in total. The van der Waals surface area contributed by atoms with Crippen molar-refractivity contribution < 1.29 is 0 Å². The van der Waals surface area contributed by atoms with Gasteiger partial charge in [0.15, 0.2) is 0 Å². The summed E-state index contributed by atoms with van der Waals surface area (Å²) in [4.78, 5) is 8.84. The fourth-order valence-corrected chi connectivity index (χ4v) is 2.73. The zero-order chi connectivity index (χ0) is 14.4. The Bertz CT molecular complexity index is 543. The smallest absolute Gasteiger partial charge is 0.107 e. The minimum absolute atomic E-state index is 0.649. The first-order valence-electron chi connectivity index (χ1n) is 6.59. The van der Waals surface area contributed by atoms with Crippen LogP contribution in [0.4, 0.5) is 0 Å². The molecule has 0 saturated heterocycles. The standard InChI is InChI=1S/C15H18BrN3S/c1-11(2)8-17-9-12-4-3-7-18-15(12)20-14-6-5-13(16)10-19-14/h3-7,10-11,17H,8-9H2,1-2H3. The molecule has 2 aromatic rings. The molecule has 0 unspecified atom stereocenters. The van der Waals surface area contributed by atoms with Crippen molar-refractivity contribution in [3.05, 3.63) is 46.7 Å². The van der Waals surface area contributed by atoms with Crippen LogP contribution in [0.25, 0.3) is 0 Å². The maximum atomic E-state index is 4.47. The largest absolute Gasteiger partial charge is 0.312 e. The highest BCUT2D eigenvalue weighted by Crippen LogP contribution is 2.27. The first-order valence-corrected chi connectivity index (χ1v) is 8.20. The summed E-state index contributed by atoms with van der Waals surface area (Å²) >= 11 is 4.99. The summed E-state index contributed by atoms with van der Waals surface area (Å²) in [6.07, 6.45) is 3.63. The Labute approximate surface area is 132 Å². The number of halogens is 1. The average molecular weight is 352 g/mol. The molecule has 0 bridgehead atoms. The molecule has 0 aliphatic rings. The van der Waals surface area contributed by atoms with Gasteiger partial charge in [0.2, 0.25) is 0 Å². The molecule has 0 amide bonds. The summed E-state index contributed by atoms with van der Waals surface area (Å²) in [7, 11) is 0. The van der Waals surface area contributed by atoms with Crippen molar-refractivity contribution in [3.8, 4) is 0 Å². The van der Waals surface area contributed by atoms with E-state index in [0.717, 1.165) is 27.6 Å². The third-order valence-electron chi connectivity index (χ3n) is 2.62. The first kappa shape index (κ1) is 15.5. The monoisotopic (exact) mass is 351 g/mol. The van der Waals surface area contributed by atoms with Crippen LogP contribution < -0.4 is 5.32 Å². The maximum Gasteiger partial charge on any atom is 0.107 e. The maximum absolute atomic E-state index is 4.47. The SMILES string of the molecule is CC(C)CNCc1cccnc1Sc1ccc(Br)cn1. The summed E-state index contributed by atoms with van der Waals surface area (Å²) in [6, 6.07) is 8.08. The van der Waals surface area contributed by atoms with Crippen molar-refractivity contribution in [3.63, 3.8) is 0 Å². The number of nitrogens with one attached hydrogen (secondary N) is 1. The molecule has 3 nitrogen and oxygen atoms in total. The van der Waals surface area contributed by atoms with E-state index in [1.807, 2.05) is 30.6 Å². The van der Waals surface area contributed by atoms with E-state index in [1.54, 1.807) is 11.8 Å². The normalized spacial score (nSPS) is 11.0. The topological polar surface area (TPSA) is 37.8 Å². The fraction of sp³-hybridized carbons (Fsp3) is 0.333. The van der Waals surface area contributed by atoms with Gasteiger partial charge in [0.1, 0.15) is 10.1 Å². The fourth-order valence-electron chi connectivity index (χ4n) is 1.67. The van der Waals surface area contributed by atoms with Gasteiger partial charge in [0.25, 0.3) is 0 Å². The van der Waals surface area contributed by atoms with Crippen LogP contribution in [0.3, 0.4) is 0 Å². The van der Waals surface area contributed by atoms with Gasteiger partial charge in [-0.25, -0.2) is 9.97 Å². The molecule has 0 saturated carbocycles. The third-order valence-corrected chi connectivity index (χ3v) is 4.10. The predicted molar refractivity (Wildman–Crippen MR) is 86.8 cm³/mol. The van der Waals surface area contributed by atoms with Crippen LogP contribution in [0.15, 0.2) is 51.2 Å². The van der Waals surface area contributed by atoms with Crippen LogP contribution >= 0.6 is 27.7 Å². The lowest BCUT2D eigenvalue weighted by Crippen LogP contribution is -2.19. The van der Waals surface area contributed by atoms with Gasteiger partial charge in [-0.15, -0.1) is 0 Å². The molecule has 0 fully saturated rings. The second-order valence-corrected chi connectivity index (χ2v) is 6.83. The minimum Gasteiger partial charge on any atom is -0.312 e. The molecule has 2 heterocycles. The Morgan fingerprint density at radius 2 is 2.10 bits per heavy atom. The Morgan fingerprint density at radius 3 is 2.80 bits per heavy atom.